The van der Waals surface area contributed by atoms with Crippen LogP contribution in [-0.4, -0.2) is 32.8 Å². The first-order chi connectivity index (χ1) is 6.77. The number of aryl methyl sites for hydroxylation is 1. The van der Waals surface area contributed by atoms with E-state index in [1.165, 1.54) is 0 Å². The van der Waals surface area contributed by atoms with Crippen molar-refractivity contribution in [1.29, 1.82) is 0 Å². The normalized spacial score (nSPS) is 13.1. The van der Waals surface area contributed by atoms with Gasteiger partial charge in [0.25, 0.3) is 0 Å². The average molecular weight is 214 g/mol. The summed E-state index contributed by atoms with van der Waals surface area (Å²) in [6.07, 6.45) is 7.27. The molecule has 0 radical (unpaired) electrons. The lowest BCUT2D eigenvalue weighted by Gasteiger charge is -2.10. The van der Waals surface area contributed by atoms with Crippen LogP contribution in [0.1, 0.15) is 19.2 Å². The number of hydrogen-bond acceptors (Lipinski definition) is 3. The van der Waals surface area contributed by atoms with Crippen molar-refractivity contribution in [3.63, 3.8) is 0 Å². The van der Waals surface area contributed by atoms with E-state index in [1.807, 2.05) is 12.5 Å². The van der Waals surface area contributed by atoms with Gasteiger partial charge in [-0.15, -0.1) is 0 Å². The van der Waals surface area contributed by atoms with E-state index in [0.29, 0.717) is 6.42 Å². The molecular formula is C10H18N2OS. The zero-order chi connectivity index (χ0) is 10.4. The van der Waals surface area contributed by atoms with Crippen molar-refractivity contribution in [2.24, 2.45) is 0 Å². The smallest absolute Gasteiger partial charge is 0.111 e. The SMILES string of the molecule is CCCn1ccnc1CC(O)CSC. The van der Waals surface area contributed by atoms with E-state index in [2.05, 4.69) is 16.5 Å². The Bertz CT molecular complexity index is 262. The van der Waals surface area contributed by atoms with Crippen LogP contribution in [0.4, 0.5) is 0 Å². The number of aliphatic hydroxyl groups excluding tert-OH is 1. The van der Waals surface area contributed by atoms with Crippen LogP contribution in [0.5, 0.6) is 0 Å². The van der Waals surface area contributed by atoms with Gasteiger partial charge in [0.15, 0.2) is 0 Å². The van der Waals surface area contributed by atoms with E-state index in [0.717, 1.165) is 24.5 Å². The second-order valence-electron chi connectivity index (χ2n) is 3.35. The molecule has 0 amide bonds. The number of rotatable bonds is 6. The molecule has 1 aromatic heterocycles. The van der Waals surface area contributed by atoms with Crippen LogP contribution in [0, 0.1) is 0 Å². The van der Waals surface area contributed by atoms with Gasteiger partial charge in [-0.25, -0.2) is 4.98 Å². The lowest BCUT2D eigenvalue weighted by atomic mass is 10.2. The van der Waals surface area contributed by atoms with Crippen LogP contribution in [-0.2, 0) is 13.0 Å². The molecule has 0 spiro atoms. The maximum atomic E-state index is 9.64. The van der Waals surface area contributed by atoms with Crippen molar-refractivity contribution in [3.05, 3.63) is 18.2 Å². The molecule has 1 aromatic rings. The fourth-order valence-electron chi connectivity index (χ4n) is 1.44. The Hall–Kier alpha value is -0.480. The molecule has 0 aliphatic carbocycles. The van der Waals surface area contributed by atoms with Crippen molar-refractivity contribution in [2.45, 2.75) is 32.4 Å². The van der Waals surface area contributed by atoms with Crippen molar-refractivity contribution in [3.8, 4) is 0 Å². The molecule has 1 heterocycles. The lowest BCUT2D eigenvalue weighted by Crippen LogP contribution is -2.17. The molecule has 80 valence electrons. The Kier molecular flexibility index (Phi) is 5.04. The van der Waals surface area contributed by atoms with Crippen molar-refractivity contribution in [1.82, 2.24) is 9.55 Å². The summed E-state index contributed by atoms with van der Waals surface area (Å²) in [5.74, 6) is 1.77. The number of thioether (sulfide) groups is 1. The van der Waals surface area contributed by atoms with Crippen molar-refractivity contribution >= 4 is 11.8 Å². The largest absolute Gasteiger partial charge is 0.392 e. The van der Waals surface area contributed by atoms with Crippen LogP contribution in [0.15, 0.2) is 12.4 Å². The summed E-state index contributed by atoms with van der Waals surface area (Å²) < 4.78 is 2.11. The van der Waals surface area contributed by atoms with Crippen LogP contribution < -0.4 is 0 Å². The van der Waals surface area contributed by atoms with Gasteiger partial charge in [-0.2, -0.15) is 11.8 Å². The summed E-state index contributed by atoms with van der Waals surface area (Å²) in [6.45, 7) is 3.13. The molecule has 1 N–H and O–H groups in total. The first-order valence-electron chi connectivity index (χ1n) is 4.95. The van der Waals surface area contributed by atoms with Crippen LogP contribution >= 0.6 is 11.8 Å². The fourth-order valence-corrected chi connectivity index (χ4v) is 1.94. The standard InChI is InChI=1S/C10H18N2OS/c1-3-5-12-6-4-11-10(12)7-9(13)8-14-2/h4,6,9,13H,3,5,7-8H2,1-2H3. The number of aliphatic hydroxyl groups is 1. The highest BCUT2D eigenvalue weighted by Crippen LogP contribution is 2.06. The van der Waals surface area contributed by atoms with Crippen molar-refractivity contribution < 1.29 is 5.11 Å². The molecule has 0 aliphatic heterocycles. The van der Waals surface area contributed by atoms with E-state index >= 15 is 0 Å². The van der Waals surface area contributed by atoms with Gasteiger partial charge < -0.3 is 9.67 Å². The third-order valence-corrected chi connectivity index (χ3v) is 2.76. The second-order valence-corrected chi connectivity index (χ2v) is 4.26. The molecular weight excluding hydrogens is 196 g/mol. The third kappa shape index (κ3) is 3.35. The van der Waals surface area contributed by atoms with E-state index in [1.54, 1.807) is 18.0 Å². The molecule has 0 aromatic carbocycles. The molecule has 0 saturated carbocycles. The molecule has 3 nitrogen and oxygen atoms in total. The third-order valence-electron chi connectivity index (χ3n) is 2.04. The summed E-state index contributed by atoms with van der Waals surface area (Å²) >= 11 is 1.66. The molecule has 0 saturated heterocycles. The minimum Gasteiger partial charge on any atom is -0.392 e. The van der Waals surface area contributed by atoms with Gasteiger partial charge in [0.1, 0.15) is 5.82 Å². The molecule has 1 rings (SSSR count). The predicted molar refractivity (Wildman–Crippen MR) is 60.6 cm³/mol. The maximum Gasteiger partial charge on any atom is 0.111 e. The predicted octanol–water partition coefficient (Wildman–Crippen LogP) is 1.56. The summed E-state index contributed by atoms with van der Waals surface area (Å²) in [5, 5.41) is 9.64. The first kappa shape index (κ1) is 11.6. The van der Waals surface area contributed by atoms with Crippen LogP contribution in [0.3, 0.4) is 0 Å². The minimum atomic E-state index is -0.275. The van der Waals surface area contributed by atoms with Gasteiger partial charge in [0.2, 0.25) is 0 Å². The number of nitrogens with zero attached hydrogens (tertiary/aromatic N) is 2. The van der Waals surface area contributed by atoms with E-state index in [-0.39, 0.29) is 6.10 Å². The Morgan fingerprint density at radius 2 is 2.43 bits per heavy atom. The van der Waals surface area contributed by atoms with Gasteiger partial charge in [0, 0.05) is 31.1 Å². The van der Waals surface area contributed by atoms with Gasteiger partial charge >= 0.3 is 0 Å². The highest BCUT2D eigenvalue weighted by atomic mass is 32.2. The summed E-state index contributed by atoms with van der Waals surface area (Å²) in [5.41, 5.74) is 0. The number of imidazole rings is 1. The summed E-state index contributed by atoms with van der Waals surface area (Å²) in [4.78, 5) is 4.25. The molecule has 14 heavy (non-hydrogen) atoms. The Labute approximate surface area is 89.5 Å². The number of hydrogen-bond donors (Lipinski definition) is 1. The average Bonchev–Trinajstić information content (AvgIpc) is 2.54. The highest BCUT2D eigenvalue weighted by molar-refractivity contribution is 7.98. The molecule has 0 fully saturated rings. The Balaban J connectivity index is 2.52. The zero-order valence-corrected chi connectivity index (χ0v) is 9.63. The van der Waals surface area contributed by atoms with E-state index < -0.39 is 0 Å². The molecule has 4 heteroatoms. The monoisotopic (exact) mass is 214 g/mol. The Morgan fingerprint density at radius 3 is 3.07 bits per heavy atom. The molecule has 1 unspecified atom stereocenters. The zero-order valence-electron chi connectivity index (χ0n) is 8.81. The first-order valence-corrected chi connectivity index (χ1v) is 6.34. The lowest BCUT2D eigenvalue weighted by molar-refractivity contribution is 0.196. The van der Waals surface area contributed by atoms with Crippen LogP contribution in [0.2, 0.25) is 0 Å². The van der Waals surface area contributed by atoms with Gasteiger partial charge in [-0.3, -0.25) is 0 Å². The van der Waals surface area contributed by atoms with Gasteiger partial charge in [-0.05, 0) is 12.7 Å². The fraction of sp³-hybridized carbons (Fsp3) is 0.700. The van der Waals surface area contributed by atoms with Crippen LogP contribution in [0.25, 0.3) is 0 Å². The van der Waals surface area contributed by atoms with E-state index in [4.69, 9.17) is 0 Å². The topological polar surface area (TPSA) is 38.0 Å². The van der Waals surface area contributed by atoms with Gasteiger partial charge in [-0.1, -0.05) is 6.92 Å². The summed E-state index contributed by atoms with van der Waals surface area (Å²) in [6, 6.07) is 0. The van der Waals surface area contributed by atoms with E-state index in [9.17, 15) is 5.11 Å². The molecule has 0 bridgehead atoms. The van der Waals surface area contributed by atoms with Crippen molar-refractivity contribution in [2.75, 3.05) is 12.0 Å². The molecule has 1 atom stereocenters. The molecule has 0 aliphatic rings. The van der Waals surface area contributed by atoms with Gasteiger partial charge in [0.05, 0.1) is 6.10 Å². The highest BCUT2D eigenvalue weighted by Gasteiger charge is 2.08. The minimum absolute atomic E-state index is 0.275. The number of aromatic nitrogens is 2. The quantitative estimate of drug-likeness (QED) is 0.781. The maximum absolute atomic E-state index is 9.64. The second kappa shape index (κ2) is 6.09. The summed E-state index contributed by atoms with van der Waals surface area (Å²) in [7, 11) is 0. The Morgan fingerprint density at radius 1 is 1.64 bits per heavy atom.